The van der Waals surface area contributed by atoms with Gasteiger partial charge in [0, 0.05) is 0 Å². The Morgan fingerprint density at radius 3 is 2.79 bits per heavy atom. The minimum Gasteiger partial charge on any atom is -0.300 e. The molecule has 2 aromatic heterocycles. The summed E-state index contributed by atoms with van der Waals surface area (Å²) in [4.78, 5) is 12.3. The van der Waals surface area contributed by atoms with Crippen LogP contribution < -0.4 is 5.32 Å². The molecule has 124 valence electrons. The summed E-state index contributed by atoms with van der Waals surface area (Å²) in [7, 11) is 0. The molecule has 2 heterocycles. The van der Waals surface area contributed by atoms with Crippen molar-refractivity contribution in [2.75, 3.05) is 5.32 Å². The Hall–Kier alpha value is -2.33. The van der Waals surface area contributed by atoms with Gasteiger partial charge in [-0.25, -0.2) is 0 Å². The van der Waals surface area contributed by atoms with Gasteiger partial charge in [-0.05, 0) is 35.9 Å². The van der Waals surface area contributed by atoms with Crippen LogP contribution in [0.4, 0.5) is 5.13 Å². The molecule has 10 heteroatoms. The Bertz CT molecular complexity index is 817. The summed E-state index contributed by atoms with van der Waals surface area (Å²) in [5.41, 5.74) is 0.842. The van der Waals surface area contributed by atoms with Gasteiger partial charge >= 0.3 is 0 Å². The number of thioether (sulfide) groups is 1. The monoisotopic (exact) mass is 361 g/mol. The molecular formula is C14H15N7OS2. The SMILES string of the molecule is CCc1nnc(NC(=O)C(C)Sc2nnnn2-c2ccccc2)s1. The molecule has 0 bridgehead atoms. The van der Waals surface area contributed by atoms with Crippen molar-refractivity contribution in [2.45, 2.75) is 30.7 Å². The third-order valence-electron chi connectivity index (χ3n) is 3.09. The minimum absolute atomic E-state index is 0.165. The Morgan fingerprint density at radius 2 is 2.08 bits per heavy atom. The van der Waals surface area contributed by atoms with Crippen molar-refractivity contribution in [3.8, 4) is 5.69 Å². The summed E-state index contributed by atoms with van der Waals surface area (Å²) >= 11 is 2.66. The van der Waals surface area contributed by atoms with Crippen LogP contribution in [-0.4, -0.2) is 41.6 Å². The van der Waals surface area contributed by atoms with Gasteiger partial charge in [0.15, 0.2) is 0 Å². The average molecular weight is 361 g/mol. The average Bonchev–Trinajstić information content (AvgIpc) is 3.24. The second kappa shape index (κ2) is 7.49. The Balaban J connectivity index is 1.68. The molecule has 1 amide bonds. The van der Waals surface area contributed by atoms with E-state index in [0.717, 1.165) is 17.1 Å². The second-order valence-corrected chi connectivity index (χ2v) is 7.18. The third-order valence-corrected chi connectivity index (χ3v) is 5.11. The fourth-order valence-corrected chi connectivity index (χ4v) is 3.34. The van der Waals surface area contributed by atoms with Crippen LogP contribution in [-0.2, 0) is 11.2 Å². The maximum absolute atomic E-state index is 12.3. The fourth-order valence-electron chi connectivity index (χ4n) is 1.85. The number of aryl methyl sites for hydroxylation is 1. The molecule has 1 aromatic carbocycles. The molecule has 0 radical (unpaired) electrons. The summed E-state index contributed by atoms with van der Waals surface area (Å²) in [6, 6.07) is 9.53. The lowest BCUT2D eigenvalue weighted by atomic mass is 10.3. The van der Waals surface area contributed by atoms with Crippen molar-refractivity contribution in [2.24, 2.45) is 0 Å². The maximum atomic E-state index is 12.3. The van der Waals surface area contributed by atoms with Gasteiger partial charge < -0.3 is 0 Å². The van der Waals surface area contributed by atoms with Crippen LogP contribution in [0.15, 0.2) is 35.5 Å². The summed E-state index contributed by atoms with van der Waals surface area (Å²) in [6.07, 6.45) is 0.795. The van der Waals surface area contributed by atoms with Crippen molar-refractivity contribution < 1.29 is 4.79 Å². The van der Waals surface area contributed by atoms with Gasteiger partial charge in [0.05, 0.1) is 10.9 Å². The second-order valence-electron chi connectivity index (χ2n) is 4.81. The number of benzene rings is 1. The quantitative estimate of drug-likeness (QED) is 0.672. The molecule has 0 spiro atoms. The number of carbonyl (C=O) groups excluding carboxylic acids is 1. The number of amides is 1. The van der Waals surface area contributed by atoms with E-state index in [9.17, 15) is 4.79 Å². The van der Waals surface area contributed by atoms with E-state index in [2.05, 4.69) is 31.0 Å². The van der Waals surface area contributed by atoms with Crippen LogP contribution in [0.25, 0.3) is 5.69 Å². The first kappa shape index (κ1) is 16.5. The fraction of sp³-hybridized carbons (Fsp3) is 0.286. The number of hydrogen-bond donors (Lipinski definition) is 1. The number of tetrazole rings is 1. The summed E-state index contributed by atoms with van der Waals surface area (Å²) in [5.74, 6) is -0.165. The Labute approximate surface area is 146 Å². The lowest BCUT2D eigenvalue weighted by Gasteiger charge is -2.09. The van der Waals surface area contributed by atoms with Crippen LogP contribution in [0.2, 0.25) is 0 Å². The summed E-state index contributed by atoms with van der Waals surface area (Å²) in [6.45, 7) is 3.79. The van der Waals surface area contributed by atoms with Crippen LogP contribution in [0.1, 0.15) is 18.9 Å². The molecule has 3 rings (SSSR count). The number of aromatic nitrogens is 6. The van der Waals surface area contributed by atoms with Crippen molar-refractivity contribution in [3.63, 3.8) is 0 Å². The molecule has 8 nitrogen and oxygen atoms in total. The lowest BCUT2D eigenvalue weighted by molar-refractivity contribution is -0.115. The maximum Gasteiger partial charge on any atom is 0.239 e. The summed E-state index contributed by atoms with van der Waals surface area (Å²) < 4.78 is 1.61. The van der Waals surface area contributed by atoms with Crippen LogP contribution in [0, 0.1) is 0 Å². The Morgan fingerprint density at radius 1 is 1.29 bits per heavy atom. The van der Waals surface area contributed by atoms with Crippen LogP contribution >= 0.6 is 23.1 Å². The molecule has 0 aliphatic carbocycles. The molecule has 0 aliphatic rings. The zero-order valence-corrected chi connectivity index (χ0v) is 14.7. The number of nitrogens with zero attached hydrogens (tertiary/aromatic N) is 6. The molecule has 0 aliphatic heterocycles. The smallest absolute Gasteiger partial charge is 0.239 e. The molecule has 24 heavy (non-hydrogen) atoms. The molecule has 0 fully saturated rings. The predicted molar refractivity (Wildman–Crippen MR) is 92.4 cm³/mol. The van der Waals surface area contributed by atoms with E-state index in [1.807, 2.05) is 37.3 Å². The van der Waals surface area contributed by atoms with E-state index in [0.29, 0.717) is 10.3 Å². The standard InChI is InChI=1S/C14H15N7OS2/c1-3-11-16-17-13(24-11)15-12(22)9(2)23-14-18-19-20-21(14)10-7-5-4-6-8-10/h4-9H,3H2,1-2H3,(H,15,17,22). The van der Waals surface area contributed by atoms with E-state index >= 15 is 0 Å². The highest BCUT2D eigenvalue weighted by atomic mass is 32.2. The molecular weight excluding hydrogens is 346 g/mol. The normalized spacial score (nSPS) is 12.1. The molecule has 0 saturated heterocycles. The number of nitrogens with one attached hydrogen (secondary N) is 1. The van der Waals surface area contributed by atoms with E-state index in [1.165, 1.54) is 23.1 Å². The van der Waals surface area contributed by atoms with Crippen LogP contribution in [0.3, 0.4) is 0 Å². The first-order valence-corrected chi connectivity index (χ1v) is 9.00. The van der Waals surface area contributed by atoms with Gasteiger partial charge in [-0.3, -0.25) is 10.1 Å². The van der Waals surface area contributed by atoms with E-state index < -0.39 is 0 Å². The van der Waals surface area contributed by atoms with Gasteiger partial charge in [-0.1, -0.05) is 48.2 Å². The topological polar surface area (TPSA) is 98.5 Å². The molecule has 1 atom stereocenters. The molecule has 0 saturated carbocycles. The number of anilines is 1. The number of carbonyl (C=O) groups is 1. The van der Waals surface area contributed by atoms with Gasteiger partial charge in [-0.2, -0.15) is 4.68 Å². The first-order valence-electron chi connectivity index (χ1n) is 7.31. The molecule has 1 N–H and O–H groups in total. The zero-order valence-electron chi connectivity index (χ0n) is 13.1. The van der Waals surface area contributed by atoms with E-state index in [-0.39, 0.29) is 11.2 Å². The Kier molecular flexibility index (Phi) is 5.16. The molecule has 1 unspecified atom stereocenters. The highest BCUT2D eigenvalue weighted by molar-refractivity contribution is 8.00. The van der Waals surface area contributed by atoms with E-state index in [4.69, 9.17) is 0 Å². The van der Waals surface area contributed by atoms with Crippen molar-refractivity contribution in [1.82, 2.24) is 30.4 Å². The number of para-hydroxylation sites is 1. The highest BCUT2D eigenvalue weighted by Crippen LogP contribution is 2.24. The highest BCUT2D eigenvalue weighted by Gasteiger charge is 2.20. The first-order chi connectivity index (χ1) is 11.7. The van der Waals surface area contributed by atoms with Gasteiger partial charge in [0.2, 0.25) is 16.2 Å². The third kappa shape index (κ3) is 3.77. The van der Waals surface area contributed by atoms with Crippen molar-refractivity contribution in [1.29, 1.82) is 0 Å². The van der Waals surface area contributed by atoms with Gasteiger partial charge in [-0.15, -0.1) is 15.3 Å². The predicted octanol–water partition coefficient (Wildman–Crippen LogP) is 2.20. The largest absolute Gasteiger partial charge is 0.300 e. The zero-order chi connectivity index (χ0) is 16.9. The number of hydrogen-bond acceptors (Lipinski definition) is 8. The number of rotatable bonds is 6. The van der Waals surface area contributed by atoms with E-state index in [1.54, 1.807) is 11.6 Å². The van der Waals surface area contributed by atoms with Crippen molar-refractivity contribution >= 4 is 34.1 Å². The van der Waals surface area contributed by atoms with Gasteiger partial charge in [0.25, 0.3) is 0 Å². The van der Waals surface area contributed by atoms with Crippen molar-refractivity contribution in [3.05, 3.63) is 35.3 Å². The molecule has 3 aromatic rings. The van der Waals surface area contributed by atoms with Crippen LogP contribution in [0.5, 0.6) is 0 Å². The lowest BCUT2D eigenvalue weighted by Crippen LogP contribution is -2.22. The van der Waals surface area contributed by atoms with Gasteiger partial charge in [0.1, 0.15) is 5.01 Å². The summed E-state index contributed by atoms with van der Waals surface area (Å²) in [5, 5.41) is 24.0. The minimum atomic E-state index is -0.382.